The fourth-order valence-corrected chi connectivity index (χ4v) is 2.87. The molecule has 1 N–H and O–H groups in total. The molecule has 1 rings (SSSR count). The van der Waals surface area contributed by atoms with E-state index < -0.39 is 16.0 Å². The number of nitrogens with zero attached hydrogens (tertiary/aromatic N) is 1. The Kier molecular flexibility index (Phi) is 4.72. The van der Waals surface area contributed by atoms with Gasteiger partial charge in [0.25, 0.3) is 0 Å². The molecule has 5 nitrogen and oxygen atoms in total. The third-order valence-corrected chi connectivity index (χ3v) is 4.31. The van der Waals surface area contributed by atoms with Crippen LogP contribution in [-0.2, 0) is 10.0 Å². The van der Waals surface area contributed by atoms with Gasteiger partial charge < -0.3 is 5.11 Å². The number of aromatic carboxylic acids is 1. The van der Waals surface area contributed by atoms with E-state index in [4.69, 9.17) is 5.11 Å². The highest BCUT2D eigenvalue weighted by Gasteiger charge is 2.23. The average molecular weight is 271 g/mol. The highest BCUT2D eigenvalue weighted by molar-refractivity contribution is 7.92. The van der Waals surface area contributed by atoms with Crippen LogP contribution in [0.3, 0.4) is 0 Å². The molecule has 0 aromatic heterocycles. The molecule has 1 aromatic rings. The summed E-state index contributed by atoms with van der Waals surface area (Å²) in [7, 11) is -3.46. The van der Waals surface area contributed by atoms with Crippen LogP contribution in [0.25, 0.3) is 0 Å². The van der Waals surface area contributed by atoms with Crippen LogP contribution < -0.4 is 4.31 Å². The maximum atomic E-state index is 12.0. The summed E-state index contributed by atoms with van der Waals surface area (Å²) in [5.74, 6) is -1.18. The molecule has 0 spiro atoms. The van der Waals surface area contributed by atoms with Crippen molar-refractivity contribution in [1.82, 2.24) is 0 Å². The number of carbonyl (C=O) groups is 1. The van der Waals surface area contributed by atoms with Gasteiger partial charge in [0.2, 0.25) is 10.0 Å². The van der Waals surface area contributed by atoms with E-state index in [1.165, 1.54) is 16.4 Å². The number of hydrogen-bond donors (Lipinski definition) is 1. The number of sulfonamides is 1. The number of benzene rings is 1. The van der Waals surface area contributed by atoms with Gasteiger partial charge in [-0.3, -0.25) is 4.31 Å². The Labute approximate surface area is 107 Å². The lowest BCUT2D eigenvalue weighted by Gasteiger charge is -2.24. The zero-order valence-electron chi connectivity index (χ0n) is 10.5. The molecule has 0 aliphatic carbocycles. The Morgan fingerprint density at radius 3 is 2.39 bits per heavy atom. The molecule has 1 aromatic carbocycles. The summed E-state index contributed by atoms with van der Waals surface area (Å²) >= 11 is 0. The number of anilines is 1. The standard InChI is InChI=1S/C12H17NO4S/c1-3-9-13(18(16,17)4-2)11-8-6-5-7-10(11)12(14)15/h5-8H,3-4,9H2,1-2H3,(H,14,15). The van der Waals surface area contributed by atoms with Gasteiger partial charge in [-0.05, 0) is 25.5 Å². The summed E-state index contributed by atoms with van der Waals surface area (Å²) in [6, 6.07) is 6.14. The van der Waals surface area contributed by atoms with Crippen molar-refractivity contribution in [3.05, 3.63) is 29.8 Å². The van der Waals surface area contributed by atoms with E-state index in [2.05, 4.69) is 0 Å². The molecule has 0 heterocycles. The van der Waals surface area contributed by atoms with Gasteiger partial charge in [-0.25, -0.2) is 13.2 Å². The van der Waals surface area contributed by atoms with E-state index in [0.717, 1.165) is 0 Å². The molecular formula is C12H17NO4S. The second-order valence-electron chi connectivity index (χ2n) is 3.79. The lowest BCUT2D eigenvalue weighted by molar-refractivity contribution is 0.0698. The topological polar surface area (TPSA) is 74.7 Å². The maximum Gasteiger partial charge on any atom is 0.337 e. The van der Waals surface area contributed by atoms with Gasteiger partial charge in [0, 0.05) is 6.54 Å². The van der Waals surface area contributed by atoms with E-state index in [1.807, 2.05) is 6.92 Å². The second kappa shape index (κ2) is 5.86. The van der Waals surface area contributed by atoms with Gasteiger partial charge in [0.15, 0.2) is 0 Å². The van der Waals surface area contributed by atoms with E-state index in [9.17, 15) is 13.2 Å². The van der Waals surface area contributed by atoms with Crippen LogP contribution in [0.2, 0.25) is 0 Å². The van der Waals surface area contributed by atoms with Crippen molar-refractivity contribution in [1.29, 1.82) is 0 Å². The molecule has 0 amide bonds. The van der Waals surface area contributed by atoms with Crippen LogP contribution >= 0.6 is 0 Å². The van der Waals surface area contributed by atoms with Crippen molar-refractivity contribution < 1.29 is 18.3 Å². The van der Waals surface area contributed by atoms with Crippen LogP contribution in [0.15, 0.2) is 24.3 Å². The molecule has 0 aliphatic heterocycles. The lowest BCUT2D eigenvalue weighted by Crippen LogP contribution is -2.34. The third kappa shape index (κ3) is 3.01. The quantitative estimate of drug-likeness (QED) is 0.858. The Morgan fingerprint density at radius 1 is 1.28 bits per heavy atom. The minimum absolute atomic E-state index is 0.00275. The number of carboxylic acids is 1. The lowest BCUT2D eigenvalue weighted by atomic mass is 10.2. The molecule has 0 atom stereocenters. The van der Waals surface area contributed by atoms with Crippen LogP contribution in [0, 0.1) is 0 Å². The third-order valence-electron chi connectivity index (χ3n) is 2.53. The summed E-state index contributed by atoms with van der Waals surface area (Å²) in [6.07, 6.45) is 0.618. The SMILES string of the molecule is CCCN(c1ccccc1C(=O)O)S(=O)(=O)CC. The first-order chi connectivity index (χ1) is 8.44. The van der Waals surface area contributed by atoms with Crippen LogP contribution in [0.1, 0.15) is 30.6 Å². The summed E-state index contributed by atoms with van der Waals surface area (Å²) < 4.78 is 25.2. The number of para-hydroxylation sites is 1. The first-order valence-electron chi connectivity index (χ1n) is 5.76. The van der Waals surface area contributed by atoms with E-state index >= 15 is 0 Å². The van der Waals surface area contributed by atoms with Crippen LogP contribution in [0.5, 0.6) is 0 Å². The number of rotatable bonds is 6. The zero-order valence-corrected chi connectivity index (χ0v) is 11.3. The van der Waals surface area contributed by atoms with Gasteiger partial charge in [-0.1, -0.05) is 19.1 Å². The molecule has 18 heavy (non-hydrogen) atoms. The highest BCUT2D eigenvalue weighted by atomic mass is 32.2. The molecule has 0 saturated heterocycles. The second-order valence-corrected chi connectivity index (χ2v) is 5.98. The normalized spacial score (nSPS) is 11.2. The Morgan fingerprint density at radius 2 is 1.89 bits per heavy atom. The van der Waals surface area contributed by atoms with Gasteiger partial charge in [-0.15, -0.1) is 0 Å². The van der Waals surface area contributed by atoms with Gasteiger partial charge in [-0.2, -0.15) is 0 Å². The highest BCUT2D eigenvalue weighted by Crippen LogP contribution is 2.23. The first kappa shape index (κ1) is 14.5. The molecular weight excluding hydrogens is 254 g/mol. The van der Waals surface area contributed by atoms with Crippen molar-refractivity contribution in [3.63, 3.8) is 0 Å². The Balaban J connectivity index is 3.35. The maximum absolute atomic E-state index is 12.0. The van der Waals surface area contributed by atoms with Crippen molar-refractivity contribution in [2.24, 2.45) is 0 Å². The molecule has 0 aliphatic rings. The van der Waals surface area contributed by atoms with Crippen molar-refractivity contribution in [3.8, 4) is 0 Å². The predicted molar refractivity (Wildman–Crippen MR) is 70.5 cm³/mol. The smallest absolute Gasteiger partial charge is 0.337 e. The summed E-state index contributed by atoms with van der Waals surface area (Å²) in [5.41, 5.74) is 0.233. The van der Waals surface area contributed by atoms with Crippen molar-refractivity contribution in [2.45, 2.75) is 20.3 Å². The van der Waals surface area contributed by atoms with Crippen molar-refractivity contribution >= 4 is 21.7 Å². The predicted octanol–water partition coefficient (Wildman–Crippen LogP) is 1.95. The number of carboxylic acid groups (broad SMARTS) is 1. The summed E-state index contributed by atoms with van der Waals surface area (Å²) in [6.45, 7) is 3.67. The minimum atomic E-state index is -3.46. The fourth-order valence-electron chi connectivity index (χ4n) is 1.64. The van der Waals surface area contributed by atoms with Crippen molar-refractivity contribution in [2.75, 3.05) is 16.6 Å². The molecule has 0 unspecified atom stereocenters. The van der Waals surface area contributed by atoms with Gasteiger partial charge in [0.1, 0.15) is 0 Å². The average Bonchev–Trinajstić information content (AvgIpc) is 2.35. The van der Waals surface area contributed by atoms with Gasteiger partial charge >= 0.3 is 5.97 Å². The monoisotopic (exact) mass is 271 g/mol. The molecule has 100 valence electrons. The van der Waals surface area contributed by atoms with E-state index in [-0.39, 0.29) is 23.5 Å². The molecule has 0 bridgehead atoms. The van der Waals surface area contributed by atoms with Crippen LogP contribution in [-0.4, -0.2) is 31.8 Å². The Bertz CT molecular complexity index is 525. The first-order valence-corrected chi connectivity index (χ1v) is 7.37. The minimum Gasteiger partial charge on any atom is -0.478 e. The molecule has 0 saturated carbocycles. The zero-order chi connectivity index (χ0) is 13.8. The molecule has 0 radical (unpaired) electrons. The molecule has 0 fully saturated rings. The van der Waals surface area contributed by atoms with Crippen LogP contribution in [0.4, 0.5) is 5.69 Å². The largest absolute Gasteiger partial charge is 0.478 e. The number of hydrogen-bond acceptors (Lipinski definition) is 3. The van der Waals surface area contributed by atoms with E-state index in [1.54, 1.807) is 19.1 Å². The Hall–Kier alpha value is -1.56. The van der Waals surface area contributed by atoms with Gasteiger partial charge in [0.05, 0.1) is 17.0 Å². The summed E-state index contributed by atoms with van der Waals surface area (Å²) in [4.78, 5) is 11.1. The fraction of sp³-hybridized carbons (Fsp3) is 0.417. The van der Waals surface area contributed by atoms with E-state index in [0.29, 0.717) is 6.42 Å². The summed E-state index contributed by atoms with van der Waals surface area (Å²) in [5, 5.41) is 9.10. The molecule has 6 heteroatoms.